The van der Waals surface area contributed by atoms with Crippen LogP contribution in [-0.4, -0.2) is 16.9 Å². The number of nitrogens with one attached hydrogen (secondary N) is 1. The van der Waals surface area contributed by atoms with Gasteiger partial charge in [0.05, 0.1) is 11.0 Å². The second-order valence-corrected chi connectivity index (χ2v) is 5.51. The number of nitro benzene ring substituents is 1. The molecule has 0 fully saturated rings. The number of hydrogen-bond acceptors (Lipinski definition) is 4. The molecule has 6 nitrogen and oxygen atoms in total. The standard InChI is InChI=1S/C13H18ClN3O3/c1-7(2)4-10(15)13(18)16-11-6-9(14)12(17(19)20)5-8(11)3/h5-7,10H,4,15H2,1-3H3,(H,16,18)/t10-/m1/s1. The number of anilines is 1. The molecular formula is C13H18ClN3O3. The molecule has 7 heteroatoms. The number of halogens is 1. The number of rotatable bonds is 5. The van der Waals surface area contributed by atoms with E-state index in [4.69, 9.17) is 17.3 Å². The Morgan fingerprint density at radius 3 is 2.60 bits per heavy atom. The van der Waals surface area contributed by atoms with Gasteiger partial charge in [0.25, 0.3) is 5.69 Å². The van der Waals surface area contributed by atoms with Gasteiger partial charge in [-0.05, 0) is 30.9 Å². The summed E-state index contributed by atoms with van der Waals surface area (Å²) in [4.78, 5) is 22.1. The van der Waals surface area contributed by atoms with E-state index < -0.39 is 11.0 Å². The first-order valence-corrected chi connectivity index (χ1v) is 6.61. The topological polar surface area (TPSA) is 98.3 Å². The average molecular weight is 300 g/mol. The van der Waals surface area contributed by atoms with E-state index in [1.54, 1.807) is 6.92 Å². The van der Waals surface area contributed by atoms with Crippen molar-refractivity contribution in [2.24, 2.45) is 11.7 Å². The SMILES string of the molecule is Cc1cc([N+](=O)[O-])c(Cl)cc1NC(=O)[C@H](N)CC(C)C. The Labute approximate surface area is 122 Å². The summed E-state index contributed by atoms with van der Waals surface area (Å²) >= 11 is 5.82. The number of carbonyl (C=O) groups excluding carboxylic acids is 1. The highest BCUT2D eigenvalue weighted by Crippen LogP contribution is 2.30. The van der Waals surface area contributed by atoms with Gasteiger partial charge in [-0.25, -0.2) is 0 Å². The first kappa shape index (κ1) is 16.4. The molecule has 0 aliphatic heterocycles. The predicted molar refractivity (Wildman–Crippen MR) is 78.9 cm³/mol. The van der Waals surface area contributed by atoms with Crippen LogP contribution >= 0.6 is 11.6 Å². The minimum absolute atomic E-state index is 0.0201. The number of nitro groups is 1. The van der Waals surface area contributed by atoms with Crippen LogP contribution < -0.4 is 11.1 Å². The zero-order valence-electron chi connectivity index (χ0n) is 11.6. The van der Waals surface area contributed by atoms with Crippen molar-refractivity contribution >= 4 is 28.9 Å². The van der Waals surface area contributed by atoms with Crippen LogP contribution in [0.4, 0.5) is 11.4 Å². The number of hydrogen-bond donors (Lipinski definition) is 2. The first-order chi connectivity index (χ1) is 9.22. The number of amides is 1. The van der Waals surface area contributed by atoms with Crippen LogP contribution in [0.25, 0.3) is 0 Å². The Bertz CT molecular complexity index is 532. The summed E-state index contributed by atoms with van der Waals surface area (Å²) < 4.78 is 0. The van der Waals surface area contributed by atoms with E-state index in [-0.39, 0.29) is 16.6 Å². The van der Waals surface area contributed by atoms with Crippen LogP contribution in [0.3, 0.4) is 0 Å². The van der Waals surface area contributed by atoms with Crippen LogP contribution in [-0.2, 0) is 4.79 Å². The van der Waals surface area contributed by atoms with Crippen molar-refractivity contribution in [1.29, 1.82) is 0 Å². The Kier molecular flexibility index (Phi) is 5.47. The quantitative estimate of drug-likeness (QED) is 0.645. The Hall–Kier alpha value is -1.66. The zero-order chi connectivity index (χ0) is 15.4. The summed E-state index contributed by atoms with van der Waals surface area (Å²) in [5.74, 6) is -0.0241. The highest BCUT2D eigenvalue weighted by atomic mass is 35.5. The van der Waals surface area contributed by atoms with E-state index in [1.165, 1.54) is 12.1 Å². The van der Waals surface area contributed by atoms with E-state index in [9.17, 15) is 14.9 Å². The minimum atomic E-state index is -0.622. The monoisotopic (exact) mass is 299 g/mol. The normalized spacial score (nSPS) is 12.3. The molecule has 0 spiro atoms. The Morgan fingerprint density at radius 2 is 2.10 bits per heavy atom. The molecule has 1 rings (SSSR count). The molecule has 1 aromatic rings. The van der Waals surface area contributed by atoms with Gasteiger partial charge in [-0.3, -0.25) is 14.9 Å². The lowest BCUT2D eigenvalue weighted by atomic mass is 10.0. The second-order valence-electron chi connectivity index (χ2n) is 5.10. The van der Waals surface area contributed by atoms with Crippen molar-refractivity contribution in [3.63, 3.8) is 0 Å². The fraction of sp³-hybridized carbons (Fsp3) is 0.462. The van der Waals surface area contributed by atoms with Crippen LogP contribution in [0.15, 0.2) is 12.1 Å². The minimum Gasteiger partial charge on any atom is -0.324 e. The van der Waals surface area contributed by atoms with Gasteiger partial charge in [0.15, 0.2) is 0 Å². The number of nitrogens with two attached hydrogens (primary N) is 1. The number of nitrogens with zero attached hydrogens (tertiary/aromatic N) is 1. The smallest absolute Gasteiger partial charge is 0.288 e. The molecule has 1 amide bonds. The molecule has 110 valence electrons. The van der Waals surface area contributed by atoms with Gasteiger partial charge in [0.2, 0.25) is 5.91 Å². The molecule has 0 aliphatic rings. The van der Waals surface area contributed by atoms with Gasteiger partial charge in [0, 0.05) is 11.8 Å². The molecule has 0 saturated heterocycles. The van der Waals surface area contributed by atoms with Crippen molar-refractivity contribution in [2.75, 3.05) is 5.32 Å². The van der Waals surface area contributed by atoms with Crippen molar-refractivity contribution in [1.82, 2.24) is 0 Å². The summed E-state index contributed by atoms with van der Waals surface area (Å²) in [7, 11) is 0. The van der Waals surface area contributed by atoms with Crippen LogP contribution in [0.1, 0.15) is 25.8 Å². The molecule has 1 aromatic carbocycles. The van der Waals surface area contributed by atoms with Gasteiger partial charge >= 0.3 is 0 Å². The molecule has 0 heterocycles. The van der Waals surface area contributed by atoms with E-state index in [1.807, 2.05) is 13.8 Å². The highest BCUT2D eigenvalue weighted by molar-refractivity contribution is 6.33. The molecule has 20 heavy (non-hydrogen) atoms. The van der Waals surface area contributed by atoms with E-state index in [0.717, 1.165) is 0 Å². The molecule has 0 radical (unpaired) electrons. The van der Waals surface area contributed by atoms with Crippen molar-refractivity contribution in [3.05, 3.63) is 32.8 Å². The summed E-state index contributed by atoms with van der Waals surface area (Å²) in [6.07, 6.45) is 0.561. The molecule has 0 saturated carbocycles. The molecule has 0 bridgehead atoms. The fourth-order valence-corrected chi connectivity index (χ4v) is 2.01. The van der Waals surface area contributed by atoms with Gasteiger partial charge in [-0.2, -0.15) is 0 Å². The third-order valence-electron chi connectivity index (χ3n) is 2.81. The lowest BCUT2D eigenvalue weighted by Gasteiger charge is -2.15. The van der Waals surface area contributed by atoms with Crippen molar-refractivity contribution in [3.8, 4) is 0 Å². The first-order valence-electron chi connectivity index (χ1n) is 6.23. The number of carbonyl (C=O) groups is 1. The third-order valence-corrected chi connectivity index (χ3v) is 3.11. The summed E-state index contributed by atoms with van der Waals surface area (Å²) in [5.41, 5.74) is 6.59. The molecule has 0 aliphatic carbocycles. The van der Waals surface area contributed by atoms with Crippen molar-refractivity contribution < 1.29 is 9.72 Å². The number of benzene rings is 1. The maximum atomic E-state index is 11.9. The van der Waals surface area contributed by atoms with Crippen LogP contribution in [0, 0.1) is 23.0 Å². The van der Waals surface area contributed by atoms with Crippen LogP contribution in [0.5, 0.6) is 0 Å². The lowest BCUT2D eigenvalue weighted by Crippen LogP contribution is -2.36. The van der Waals surface area contributed by atoms with Gasteiger partial charge in [-0.1, -0.05) is 25.4 Å². The van der Waals surface area contributed by atoms with E-state index in [2.05, 4.69) is 5.32 Å². The molecule has 1 atom stereocenters. The largest absolute Gasteiger partial charge is 0.324 e. The predicted octanol–water partition coefficient (Wildman–Crippen LogP) is 2.87. The maximum absolute atomic E-state index is 11.9. The lowest BCUT2D eigenvalue weighted by molar-refractivity contribution is -0.384. The molecule has 0 aromatic heterocycles. The molecular weight excluding hydrogens is 282 g/mol. The maximum Gasteiger partial charge on any atom is 0.288 e. The second kappa shape index (κ2) is 6.67. The number of aryl methyl sites for hydroxylation is 1. The van der Waals surface area contributed by atoms with Gasteiger partial charge in [0.1, 0.15) is 5.02 Å². The third kappa shape index (κ3) is 4.18. The molecule has 3 N–H and O–H groups in total. The summed E-state index contributed by atoms with van der Waals surface area (Å²) in [5, 5.41) is 13.4. The zero-order valence-corrected chi connectivity index (χ0v) is 12.4. The summed E-state index contributed by atoms with van der Waals surface area (Å²) in [6, 6.07) is 2.07. The van der Waals surface area contributed by atoms with E-state index in [0.29, 0.717) is 23.6 Å². The fourth-order valence-electron chi connectivity index (χ4n) is 1.78. The highest BCUT2D eigenvalue weighted by Gasteiger charge is 2.19. The Morgan fingerprint density at radius 1 is 1.50 bits per heavy atom. The van der Waals surface area contributed by atoms with E-state index >= 15 is 0 Å². The Balaban J connectivity index is 2.91. The van der Waals surface area contributed by atoms with Gasteiger partial charge in [-0.15, -0.1) is 0 Å². The van der Waals surface area contributed by atoms with Gasteiger partial charge < -0.3 is 11.1 Å². The summed E-state index contributed by atoms with van der Waals surface area (Å²) in [6.45, 7) is 5.61. The van der Waals surface area contributed by atoms with Crippen molar-refractivity contribution in [2.45, 2.75) is 33.2 Å². The average Bonchev–Trinajstić information content (AvgIpc) is 2.31. The van der Waals surface area contributed by atoms with Crippen LogP contribution in [0.2, 0.25) is 5.02 Å². The molecule has 0 unspecified atom stereocenters.